The van der Waals surface area contributed by atoms with Crippen LogP contribution < -0.4 is 14.8 Å². The van der Waals surface area contributed by atoms with Gasteiger partial charge in [-0.3, -0.25) is 9.78 Å². The van der Waals surface area contributed by atoms with Gasteiger partial charge in [0.15, 0.2) is 0 Å². The zero-order valence-corrected chi connectivity index (χ0v) is 17.0. The van der Waals surface area contributed by atoms with Gasteiger partial charge in [-0.15, -0.1) is 0 Å². The van der Waals surface area contributed by atoms with E-state index in [4.69, 9.17) is 9.47 Å². The first-order valence-electron chi connectivity index (χ1n) is 9.51. The summed E-state index contributed by atoms with van der Waals surface area (Å²) < 4.78 is 12.2. The van der Waals surface area contributed by atoms with Crippen molar-refractivity contribution in [2.45, 2.75) is 13.0 Å². The van der Waals surface area contributed by atoms with Gasteiger partial charge in [0, 0.05) is 30.0 Å². The third-order valence-corrected chi connectivity index (χ3v) is 4.94. The van der Waals surface area contributed by atoms with Gasteiger partial charge in [-0.05, 0) is 36.8 Å². The van der Waals surface area contributed by atoms with E-state index in [1.807, 2.05) is 61.7 Å². The number of hydrogen-bond donors (Lipinski definition) is 1. The smallest absolute Gasteiger partial charge is 0.255 e. The van der Waals surface area contributed by atoms with E-state index < -0.39 is 0 Å². The van der Waals surface area contributed by atoms with Crippen LogP contribution in [0.15, 0.2) is 67.1 Å². The first kappa shape index (κ1) is 19.4. The normalized spacial score (nSPS) is 11.8. The fourth-order valence-electron chi connectivity index (χ4n) is 3.25. The summed E-state index contributed by atoms with van der Waals surface area (Å²) >= 11 is 0. The Bertz CT molecular complexity index is 1180. The van der Waals surface area contributed by atoms with E-state index in [1.54, 1.807) is 31.3 Å². The molecule has 1 unspecified atom stereocenters. The van der Waals surface area contributed by atoms with Crippen LogP contribution in [0.5, 0.6) is 11.5 Å². The summed E-state index contributed by atoms with van der Waals surface area (Å²) in [7, 11) is 3.24. The monoisotopic (exact) mass is 402 g/mol. The number of pyridine rings is 1. The fourth-order valence-corrected chi connectivity index (χ4v) is 3.25. The van der Waals surface area contributed by atoms with Crippen molar-refractivity contribution >= 4 is 16.8 Å². The second kappa shape index (κ2) is 8.24. The highest BCUT2D eigenvalue weighted by Crippen LogP contribution is 2.22. The second-order valence-corrected chi connectivity index (χ2v) is 6.87. The molecule has 7 heteroatoms. The number of rotatable bonds is 6. The van der Waals surface area contributed by atoms with Crippen LogP contribution in [0.3, 0.4) is 0 Å². The standard InChI is InChI=1S/C23H22N4O3/c1-15(16-7-9-19(29-2)10-8-16)25-23(28)21-13-24-12-17-14-27(26-22(17)21)18-5-4-6-20(11-18)30-3/h4-15H,1-3H3,(H,25,28). The molecule has 0 saturated carbocycles. The van der Waals surface area contributed by atoms with Crippen molar-refractivity contribution in [3.8, 4) is 17.2 Å². The highest BCUT2D eigenvalue weighted by Gasteiger charge is 2.17. The van der Waals surface area contributed by atoms with Gasteiger partial charge in [-0.25, -0.2) is 4.68 Å². The van der Waals surface area contributed by atoms with Gasteiger partial charge in [0.25, 0.3) is 5.91 Å². The summed E-state index contributed by atoms with van der Waals surface area (Å²) in [5, 5.41) is 8.43. The van der Waals surface area contributed by atoms with Crippen molar-refractivity contribution in [1.29, 1.82) is 0 Å². The number of aromatic nitrogens is 3. The number of fused-ring (bicyclic) bond motifs is 1. The predicted molar refractivity (Wildman–Crippen MR) is 114 cm³/mol. The number of carbonyl (C=O) groups is 1. The first-order valence-corrected chi connectivity index (χ1v) is 9.51. The predicted octanol–water partition coefficient (Wildman–Crippen LogP) is 3.93. The van der Waals surface area contributed by atoms with Crippen LogP contribution in [0, 0.1) is 0 Å². The minimum Gasteiger partial charge on any atom is -0.497 e. The summed E-state index contributed by atoms with van der Waals surface area (Å²) in [6, 6.07) is 15.0. The van der Waals surface area contributed by atoms with Gasteiger partial charge in [-0.1, -0.05) is 18.2 Å². The first-order chi connectivity index (χ1) is 14.6. The SMILES string of the molecule is COc1ccc(C(C)NC(=O)c2cncc3cn(-c4cccc(OC)c4)nc23)cc1. The number of nitrogens with zero attached hydrogens (tertiary/aromatic N) is 3. The number of ether oxygens (including phenoxy) is 2. The molecule has 152 valence electrons. The van der Waals surface area contributed by atoms with Crippen molar-refractivity contribution in [2.75, 3.05) is 14.2 Å². The summed E-state index contributed by atoms with van der Waals surface area (Å²) in [6.45, 7) is 1.93. The Labute approximate surface area is 174 Å². The summed E-state index contributed by atoms with van der Waals surface area (Å²) in [5.41, 5.74) is 2.83. The summed E-state index contributed by atoms with van der Waals surface area (Å²) in [5.74, 6) is 1.28. The van der Waals surface area contributed by atoms with Crippen LogP contribution in [0.2, 0.25) is 0 Å². The molecule has 0 aliphatic heterocycles. The molecule has 0 spiro atoms. The van der Waals surface area contributed by atoms with E-state index >= 15 is 0 Å². The molecule has 4 aromatic rings. The molecule has 1 N–H and O–H groups in total. The highest BCUT2D eigenvalue weighted by molar-refractivity contribution is 6.05. The lowest BCUT2D eigenvalue weighted by molar-refractivity contribution is 0.0941. The number of hydrogen-bond acceptors (Lipinski definition) is 5. The Morgan fingerprint density at radius 1 is 1.03 bits per heavy atom. The Morgan fingerprint density at radius 3 is 2.53 bits per heavy atom. The molecule has 2 heterocycles. The molecular formula is C23H22N4O3. The van der Waals surface area contributed by atoms with Crippen LogP contribution in [-0.2, 0) is 0 Å². The molecule has 0 radical (unpaired) electrons. The van der Waals surface area contributed by atoms with Gasteiger partial charge >= 0.3 is 0 Å². The maximum atomic E-state index is 13.0. The van der Waals surface area contributed by atoms with E-state index in [1.165, 1.54) is 0 Å². The molecule has 30 heavy (non-hydrogen) atoms. The molecule has 0 saturated heterocycles. The Balaban J connectivity index is 1.61. The van der Waals surface area contributed by atoms with Gasteiger partial charge in [0.2, 0.25) is 0 Å². The van der Waals surface area contributed by atoms with E-state index in [0.717, 1.165) is 28.1 Å². The van der Waals surface area contributed by atoms with Crippen molar-refractivity contribution in [1.82, 2.24) is 20.1 Å². The van der Waals surface area contributed by atoms with Crippen molar-refractivity contribution in [3.05, 3.63) is 78.2 Å². The number of methoxy groups -OCH3 is 2. The highest BCUT2D eigenvalue weighted by atomic mass is 16.5. The summed E-state index contributed by atoms with van der Waals surface area (Å²) in [4.78, 5) is 17.2. The number of nitrogens with one attached hydrogen (secondary N) is 1. The Morgan fingerprint density at radius 2 is 1.80 bits per heavy atom. The third kappa shape index (κ3) is 3.82. The maximum Gasteiger partial charge on any atom is 0.255 e. The van der Waals surface area contributed by atoms with E-state index in [9.17, 15) is 4.79 Å². The molecule has 0 bridgehead atoms. The molecule has 0 aliphatic rings. The largest absolute Gasteiger partial charge is 0.497 e. The molecule has 1 atom stereocenters. The van der Waals surface area contributed by atoms with Crippen LogP contribution in [0.25, 0.3) is 16.6 Å². The molecule has 0 aliphatic carbocycles. The Kier molecular flexibility index (Phi) is 5.34. The molecular weight excluding hydrogens is 380 g/mol. The van der Waals surface area contributed by atoms with Crippen LogP contribution >= 0.6 is 0 Å². The van der Waals surface area contributed by atoms with E-state index in [0.29, 0.717) is 11.1 Å². The average Bonchev–Trinajstić information content (AvgIpc) is 3.23. The lowest BCUT2D eigenvalue weighted by atomic mass is 10.1. The van der Waals surface area contributed by atoms with E-state index in [2.05, 4.69) is 15.4 Å². The van der Waals surface area contributed by atoms with Crippen molar-refractivity contribution in [2.24, 2.45) is 0 Å². The second-order valence-electron chi connectivity index (χ2n) is 6.87. The topological polar surface area (TPSA) is 78.3 Å². The van der Waals surface area contributed by atoms with Gasteiger partial charge in [-0.2, -0.15) is 5.10 Å². The summed E-state index contributed by atoms with van der Waals surface area (Å²) in [6.07, 6.45) is 5.09. The molecule has 7 nitrogen and oxygen atoms in total. The maximum absolute atomic E-state index is 13.0. The quantitative estimate of drug-likeness (QED) is 0.529. The zero-order valence-electron chi connectivity index (χ0n) is 17.0. The van der Waals surface area contributed by atoms with Gasteiger partial charge in [0.05, 0.1) is 31.5 Å². The van der Waals surface area contributed by atoms with Gasteiger partial charge in [0.1, 0.15) is 17.0 Å². The van der Waals surface area contributed by atoms with Crippen molar-refractivity contribution < 1.29 is 14.3 Å². The van der Waals surface area contributed by atoms with Crippen molar-refractivity contribution in [3.63, 3.8) is 0 Å². The number of benzene rings is 2. The number of amides is 1. The minimum absolute atomic E-state index is 0.181. The average molecular weight is 402 g/mol. The zero-order chi connectivity index (χ0) is 21.1. The fraction of sp³-hybridized carbons (Fsp3) is 0.174. The lowest BCUT2D eigenvalue weighted by Crippen LogP contribution is -2.27. The number of carbonyl (C=O) groups excluding carboxylic acids is 1. The molecule has 2 aromatic heterocycles. The lowest BCUT2D eigenvalue weighted by Gasteiger charge is -2.15. The molecule has 2 aromatic carbocycles. The minimum atomic E-state index is -0.229. The van der Waals surface area contributed by atoms with Crippen LogP contribution in [0.4, 0.5) is 0 Å². The van der Waals surface area contributed by atoms with Crippen LogP contribution in [0.1, 0.15) is 28.9 Å². The molecule has 4 rings (SSSR count). The Hall–Kier alpha value is -3.87. The molecule has 1 amide bonds. The van der Waals surface area contributed by atoms with E-state index in [-0.39, 0.29) is 11.9 Å². The molecule has 0 fully saturated rings. The van der Waals surface area contributed by atoms with Gasteiger partial charge < -0.3 is 14.8 Å². The van der Waals surface area contributed by atoms with Crippen LogP contribution in [-0.4, -0.2) is 34.9 Å². The third-order valence-electron chi connectivity index (χ3n) is 4.94.